The molecule has 0 aliphatic heterocycles. The Morgan fingerprint density at radius 3 is 2.71 bits per heavy atom. The van der Waals surface area contributed by atoms with Gasteiger partial charge in [0.2, 0.25) is 0 Å². The van der Waals surface area contributed by atoms with Gasteiger partial charge in [-0.15, -0.1) is 0 Å². The molecule has 2 heterocycles. The monoisotopic (exact) mass is 374 g/mol. The summed E-state index contributed by atoms with van der Waals surface area (Å²) in [5.41, 5.74) is 3.87. The van der Waals surface area contributed by atoms with Crippen molar-refractivity contribution in [2.45, 2.75) is 25.8 Å². The maximum Gasteiger partial charge on any atom is 0.266 e. The molecule has 1 aliphatic carbocycles. The number of aromatic nitrogens is 3. The van der Waals surface area contributed by atoms with Crippen LogP contribution in [0.1, 0.15) is 40.5 Å². The first-order valence-electron chi connectivity index (χ1n) is 9.39. The number of amides is 1. The normalized spacial score (nSPS) is 14.5. The Bertz CT molecular complexity index is 1090. The average molecular weight is 374 g/mol. The highest BCUT2D eigenvalue weighted by Gasteiger charge is 2.34. The number of rotatable bonds is 5. The Kier molecular flexibility index (Phi) is 4.77. The standard InChI is InChI=1S/C22H22N4O2/c1-14-10-11-23-19(12-14)21(15-6-7-15)24-22(28)17-5-3-4-16(13-17)18-8-9-20(27)26(2)25-18/h3-5,8-13,15,21H,6-7H2,1-2H3,(H,24,28)/t21-/m0/s1. The minimum absolute atomic E-state index is 0.0771. The van der Waals surface area contributed by atoms with Gasteiger partial charge in [-0.2, -0.15) is 5.10 Å². The third-order valence-electron chi connectivity index (χ3n) is 5.02. The van der Waals surface area contributed by atoms with Crippen LogP contribution in [0.15, 0.2) is 59.5 Å². The highest BCUT2D eigenvalue weighted by molar-refractivity contribution is 5.95. The van der Waals surface area contributed by atoms with Gasteiger partial charge in [-0.25, -0.2) is 4.68 Å². The van der Waals surface area contributed by atoms with Crippen LogP contribution in [0.2, 0.25) is 0 Å². The topological polar surface area (TPSA) is 76.9 Å². The molecule has 1 N–H and O–H groups in total. The number of nitrogens with one attached hydrogen (secondary N) is 1. The fraction of sp³-hybridized carbons (Fsp3) is 0.273. The van der Waals surface area contributed by atoms with Gasteiger partial charge in [-0.05, 0) is 61.6 Å². The largest absolute Gasteiger partial charge is 0.343 e. The second kappa shape index (κ2) is 7.38. The zero-order chi connectivity index (χ0) is 19.7. The minimum Gasteiger partial charge on any atom is -0.343 e. The summed E-state index contributed by atoms with van der Waals surface area (Å²) in [6, 6.07) is 14.4. The van der Waals surface area contributed by atoms with Gasteiger partial charge in [0.15, 0.2) is 0 Å². The lowest BCUT2D eigenvalue weighted by molar-refractivity contribution is 0.0930. The Morgan fingerprint density at radius 2 is 2.00 bits per heavy atom. The lowest BCUT2D eigenvalue weighted by atomic mass is 10.0. The van der Waals surface area contributed by atoms with Gasteiger partial charge in [0.25, 0.3) is 11.5 Å². The summed E-state index contributed by atoms with van der Waals surface area (Å²) < 4.78 is 1.29. The van der Waals surface area contributed by atoms with Crippen LogP contribution in [0.5, 0.6) is 0 Å². The zero-order valence-electron chi connectivity index (χ0n) is 15.9. The summed E-state index contributed by atoms with van der Waals surface area (Å²) in [5, 5.41) is 7.42. The van der Waals surface area contributed by atoms with Gasteiger partial charge in [-0.3, -0.25) is 14.6 Å². The summed E-state index contributed by atoms with van der Waals surface area (Å²) in [6.45, 7) is 2.03. The van der Waals surface area contributed by atoms with Crippen molar-refractivity contribution in [2.24, 2.45) is 13.0 Å². The number of nitrogens with zero attached hydrogens (tertiary/aromatic N) is 3. The maximum absolute atomic E-state index is 12.9. The molecule has 1 aromatic carbocycles. The third-order valence-corrected chi connectivity index (χ3v) is 5.02. The van der Waals surface area contributed by atoms with Crippen LogP contribution in [-0.4, -0.2) is 20.7 Å². The molecular formula is C22H22N4O2. The van der Waals surface area contributed by atoms with Crippen molar-refractivity contribution in [3.63, 3.8) is 0 Å². The Labute approximate surface area is 163 Å². The van der Waals surface area contributed by atoms with E-state index in [1.54, 1.807) is 31.4 Å². The number of carbonyl (C=O) groups is 1. The number of benzene rings is 1. The van der Waals surface area contributed by atoms with Crippen molar-refractivity contribution in [2.75, 3.05) is 0 Å². The predicted octanol–water partition coefficient (Wildman–Crippen LogP) is 3.03. The van der Waals surface area contributed by atoms with Crippen molar-refractivity contribution >= 4 is 5.91 Å². The van der Waals surface area contributed by atoms with Crippen molar-refractivity contribution in [1.29, 1.82) is 0 Å². The van der Waals surface area contributed by atoms with E-state index in [-0.39, 0.29) is 17.5 Å². The number of hydrogen-bond acceptors (Lipinski definition) is 4. The first-order valence-corrected chi connectivity index (χ1v) is 9.39. The average Bonchev–Trinajstić information content (AvgIpc) is 3.53. The summed E-state index contributed by atoms with van der Waals surface area (Å²) >= 11 is 0. The van der Waals surface area contributed by atoms with E-state index in [0.29, 0.717) is 17.2 Å². The van der Waals surface area contributed by atoms with Crippen molar-refractivity contribution in [3.05, 3.63) is 81.9 Å². The van der Waals surface area contributed by atoms with Gasteiger partial charge >= 0.3 is 0 Å². The zero-order valence-corrected chi connectivity index (χ0v) is 15.9. The summed E-state index contributed by atoms with van der Waals surface area (Å²) in [5.74, 6) is 0.304. The number of hydrogen-bond donors (Lipinski definition) is 1. The van der Waals surface area contributed by atoms with Crippen LogP contribution in [-0.2, 0) is 7.05 Å². The van der Waals surface area contributed by atoms with Gasteiger partial charge in [0, 0.05) is 30.4 Å². The van der Waals surface area contributed by atoms with E-state index in [1.165, 1.54) is 10.7 Å². The molecule has 1 saturated carbocycles. The van der Waals surface area contributed by atoms with Gasteiger partial charge in [0.05, 0.1) is 17.4 Å². The fourth-order valence-corrected chi connectivity index (χ4v) is 3.29. The van der Waals surface area contributed by atoms with Crippen LogP contribution < -0.4 is 10.9 Å². The molecule has 1 atom stereocenters. The lowest BCUT2D eigenvalue weighted by Crippen LogP contribution is -2.30. The highest BCUT2D eigenvalue weighted by Crippen LogP contribution is 2.40. The summed E-state index contributed by atoms with van der Waals surface area (Å²) in [7, 11) is 1.61. The van der Waals surface area contributed by atoms with Crippen LogP contribution in [0.3, 0.4) is 0 Å². The maximum atomic E-state index is 12.9. The molecule has 28 heavy (non-hydrogen) atoms. The molecule has 0 spiro atoms. The predicted molar refractivity (Wildman–Crippen MR) is 107 cm³/mol. The molecule has 3 aromatic rings. The van der Waals surface area contributed by atoms with E-state index in [1.807, 2.05) is 31.2 Å². The molecule has 4 rings (SSSR count). The van der Waals surface area contributed by atoms with Gasteiger partial charge in [-0.1, -0.05) is 12.1 Å². The number of aryl methyl sites for hydroxylation is 2. The quantitative estimate of drug-likeness (QED) is 0.745. The van der Waals surface area contributed by atoms with E-state index < -0.39 is 0 Å². The van der Waals surface area contributed by atoms with Crippen LogP contribution in [0.25, 0.3) is 11.3 Å². The van der Waals surface area contributed by atoms with E-state index in [2.05, 4.69) is 15.4 Å². The minimum atomic E-state index is -0.171. The van der Waals surface area contributed by atoms with E-state index >= 15 is 0 Å². The molecule has 2 aromatic heterocycles. The third kappa shape index (κ3) is 3.86. The van der Waals surface area contributed by atoms with Gasteiger partial charge in [0.1, 0.15) is 0 Å². The molecule has 0 unspecified atom stereocenters. The number of pyridine rings is 1. The van der Waals surface area contributed by atoms with Crippen LogP contribution in [0.4, 0.5) is 0 Å². The lowest BCUT2D eigenvalue weighted by Gasteiger charge is -2.18. The van der Waals surface area contributed by atoms with E-state index in [9.17, 15) is 9.59 Å². The molecule has 0 saturated heterocycles. The summed E-state index contributed by atoms with van der Waals surface area (Å²) in [4.78, 5) is 29.0. The first kappa shape index (κ1) is 18.1. The Hall–Kier alpha value is -3.28. The molecule has 1 aliphatic rings. The second-order valence-electron chi connectivity index (χ2n) is 7.31. The molecular weight excluding hydrogens is 352 g/mol. The first-order chi connectivity index (χ1) is 13.5. The molecule has 142 valence electrons. The fourth-order valence-electron chi connectivity index (χ4n) is 3.29. The van der Waals surface area contributed by atoms with Crippen molar-refractivity contribution < 1.29 is 4.79 Å². The smallest absolute Gasteiger partial charge is 0.266 e. The van der Waals surface area contributed by atoms with Crippen molar-refractivity contribution in [1.82, 2.24) is 20.1 Å². The Balaban J connectivity index is 1.59. The molecule has 0 bridgehead atoms. The SMILES string of the molecule is Cc1ccnc([C@@H](NC(=O)c2cccc(-c3ccc(=O)n(C)n3)c2)C2CC2)c1. The Morgan fingerprint density at radius 1 is 1.18 bits per heavy atom. The van der Waals surface area contributed by atoms with Crippen LogP contribution in [0, 0.1) is 12.8 Å². The molecule has 6 heteroatoms. The number of carbonyl (C=O) groups excluding carboxylic acids is 1. The van der Waals surface area contributed by atoms with Crippen molar-refractivity contribution in [3.8, 4) is 11.3 Å². The molecule has 1 fully saturated rings. The second-order valence-corrected chi connectivity index (χ2v) is 7.31. The highest BCUT2D eigenvalue weighted by atomic mass is 16.1. The van der Waals surface area contributed by atoms with Crippen LogP contribution >= 0.6 is 0 Å². The summed E-state index contributed by atoms with van der Waals surface area (Å²) in [6.07, 6.45) is 3.99. The van der Waals surface area contributed by atoms with Gasteiger partial charge < -0.3 is 5.32 Å². The van der Waals surface area contributed by atoms with E-state index in [4.69, 9.17) is 0 Å². The molecule has 0 radical (unpaired) electrons. The molecule has 6 nitrogen and oxygen atoms in total. The van der Waals surface area contributed by atoms with E-state index in [0.717, 1.165) is 29.7 Å². The molecule has 1 amide bonds.